The summed E-state index contributed by atoms with van der Waals surface area (Å²) in [5.74, 6) is -0.0392. The van der Waals surface area contributed by atoms with Gasteiger partial charge in [-0.2, -0.15) is 5.26 Å². The Morgan fingerprint density at radius 1 is 1.28 bits per heavy atom. The molecule has 0 atom stereocenters. The highest BCUT2D eigenvalue weighted by Crippen LogP contribution is 2.28. The number of carbonyl (C=O) groups excluding carboxylic acids is 1. The summed E-state index contributed by atoms with van der Waals surface area (Å²) in [5.41, 5.74) is 1.67. The number of rotatable bonds is 5. The molecule has 0 aliphatic heterocycles. The number of hydrogen-bond donors (Lipinski definition) is 3. The van der Waals surface area contributed by atoms with Gasteiger partial charge in [-0.25, -0.2) is 0 Å². The predicted molar refractivity (Wildman–Crippen MR) is 96.8 cm³/mol. The van der Waals surface area contributed by atoms with Crippen LogP contribution in [0.4, 0.5) is 11.4 Å². The zero-order valence-corrected chi connectivity index (χ0v) is 14.4. The maximum Gasteiger partial charge on any atom is 0.267 e. The zero-order chi connectivity index (χ0) is 18.4. The van der Waals surface area contributed by atoms with Gasteiger partial charge in [0.1, 0.15) is 23.1 Å². The molecule has 0 aromatic heterocycles. The number of nitriles is 1. The molecule has 6 nitrogen and oxygen atoms in total. The van der Waals surface area contributed by atoms with E-state index in [9.17, 15) is 15.2 Å². The molecule has 0 fully saturated rings. The molecule has 0 saturated carbocycles. The van der Waals surface area contributed by atoms with Gasteiger partial charge in [0.15, 0.2) is 0 Å². The first-order valence-electron chi connectivity index (χ1n) is 7.26. The summed E-state index contributed by atoms with van der Waals surface area (Å²) in [7, 11) is 1.47. The first-order valence-corrected chi connectivity index (χ1v) is 7.63. The van der Waals surface area contributed by atoms with Crippen LogP contribution in [-0.4, -0.2) is 18.1 Å². The van der Waals surface area contributed by atoms with Gasteiger partial charge < -0.3 is 20.5 Å². The second-order valence-corrected chi connectivity index (χ2v) is 5.55. The monoisotopic (exact) mass is 357 g/mol. The van der Waals surface area contributed by atoms with Gasteiger partial charge in [0, 0.05) is 16.9 Å². The van der Waals surface area contributed by atoms with Gasteiger partial charge in [-0.05, 0) is 48.9 Å². The Kier molecular flexibility index (Phi) is 5.88. The van der Waals surface area contributed by atoms with E-state index < -0.39 is 5.91 Å². The second-order valence-electron chi connectivity index (χ2n) is 5.11. The summed E-state index contributed by atoms with van der Waals surface area (Å²) < 4.78 is 5.16. The third kappa shape index (κ3) is 4.66. The number of phenolic OH excluding ortho intramolecular Hbond substituents is 1. The van der Waals surface area contributed by atoms with Crippen LogP contribution >= 0.6 is 11.6 Å². The highest BCUT2D eigenvalue weighted by molar-refractivity contribution is 6.31. The van der Waals surface area contributed by atoms with Crippen LogP contribution in [0.5, 0.6) is 11.5 Å². The first-order chi connectivity index (χ1) is 11.9. The molecule has 2 aromatic carbocycles. The maximum atomic E-state index is 12.3. The van der Waals surface area contributed by atoms with Gasteiger partial charge >= 0.3 is 0 Å². The maximum absolute atomic E-state index is 12.3. The molecule has 0 unspecified atom stereocenters. The molecule has 0 aliphatic rings. The van der Waals surface area contributed by atoms with Crippen molar-refractivity contribution in [1.82, 2.24) is 0 Å². The van der Waals surface area contributed by atoms with E-state index in [1.165, 1.54) is 25.4 Å². The lowest BCUT2D eigenvalue weighted by Gasteiger charge is -2.10. The molecule has 0 heterocycles. The Hall–Kier alpha value is -3.17. The number of ether oxygens (including phenoxy) is 1. The summed E-state index contributed by atoms with van der Waals surface area (Å²) in [6.45, 7) is 1.79. The van der Waals surface area contributed by atoms with E-state index in [1.807, 2.05) is 6.07 Å². The third-order valence-corrected chi connectivity index (χ3v) is 3.59. The fourth-order valence-corrected chi connectivity index (χ4v) is 2.25. The highest BCUT2D eigenvalue weighted by atomic mass is 35.5. The molecule has 0 bridgehead atoms. The molecule has 128 valence electrons. The second kappa shape index (κ2) is 8.08. The van der Waals surface area contributed by atoms with Gasteiger partial charge in [-0.1, -0.05) is 11.6 Å². The fraction of sp³-hybridized carbons (Fsp3) is 0.111. The van der Waals surface area contributed by atoms with Crippen molar-refractivity contribution in [1.29, 1.82) is 5.26 Å². The Balaban J connectivity index is 2.18. The summed E-state index contributed by atoms with van der Waals surface area (Å²) >= 11 is 5.92. The molecule has 0 radical (unpaired) electrons. The van der Waals surface area contributed by atoms with Gasteiger partial charge in [0.25, 0.3) is 5.91 Å². The standard InChI is InChI=1S/C18H16ClN3O3/c1-11-7-14(23)4-5-15(11)21-10-12(9-20)18(24)22-16-8-13(19)3-6-17(16)25-2/h3-8,10,21,23H,1-2H3,(H,22,24)/b12-10-. The number of carbonyl (C=O) groups is 1. The Labute approximate surface area is 150 Å². The Morgan fingerprint density at radius 2 is 2.04 bits per heavy atom. The van der Waals surface area contributed by atoms with E-state index in [-0.39, 0.29) is 11.3 Å². The van der Waals surface area contributed by atoms with E-state index in [4.69, 9.17) is 16.3 Å². The summed E-state index contributed by atoms with van der Waals surface area (Å²) in [4.78, 5) is 12.3. The van der Waals surface area contributed by atoms with Crippen molar-refractivity contribution < 1.29 is 14.6 Å². The van der Waals surface area contributed by atoms with Crippen LogP contribution in [0.2, 0.25) is 5.02 Å². The highest BCUT2D eigenvalue weighted by Gasteiger charge is 2.13. The molecule has 25 heavy (non-hydrogen) atoms. The van der Waals surface area contributed by atoms with Crippen LogP contribution in [0.1, 0.15) is 5.56 Å². The summed E-state index contributed by atoms with van der Waals surface area (Å²) in [6.07, 6.45) is 1.30. The number of nitrogens with zero attached hydrogens (tertiary/aromatic N) is 1. The minimum atomic E-state index is -0.605. The summed E-state index contributed by atoms with van der Waals surface area (Å²) in [5, 5.41) is 24.5. The van der Waals surface area contributed by atoms with Crippen molar-refractivity contribution in [3.63, 3.8) is 0 Å². The molecule has 0 aliphatic carbocycles. The SMILES string of the molecule is COc1ccc(Cl)cc1NC(=O)/C(C#N)=C\Nc1ccc(O)cc1C. The molecule has 2 rings (SSSR count). The van der Waals surface area contributed by atoms with Crippen molar-refractivity contribution >= 4 is 28.9 Å². The van der Waals surface area contributed by atoms with Crippen molar-refractivity contribution in [2.45, 2.75) is 6.92 Å². The molecular formula is C18H16ClN3O3. The smallest absolute Gasteiger partial charge is 0.267 e. The Morgan fingerprint density at radius 3 is 2.68 bits per heavy atom. The van der Waals surface area contributed by atoms with Gasteiger partial charge in [-0.15, -0.1) is 0 Å². The molecule has 7 heteroatoms. The molecule has 3 N–H and O–H groups in total. The number of hydrogen-bond acceptors (Lipinski definition) is 5. The number of amides is 1. The molecular weight excluding hydrogens is 342 g/mol. The number of phenols is 1. The lowest BCUT2D eigenvalue weighted by Crippen LogP contribution is -2.15. The number of methoxy groups -OCH3 is 1. The topological polar surface area (TPSA) is 94.4 Å². The van der Waals surface area contributed by atoms with Crippen LogP contribution in [-0.2, 0) is 4.79 Å². The first kappa shape index (κ1) is 18.2. The van der Waals surface area contributed by atoms with Crippen LogP contribution in [0, 0.1) is 18.3 Å². The Bertz CT molecular complexity index is 872. The summed E-state index contributed by atoms with van der Waals surface area (Å²) in [6, 6.07) is 11.3. The fourth-order valence-electron chi connectivity index (χ4n) is 2.08. The van der Waals surface area contributed by atoms with Crippen LogP contribution in [0.25, 0.3) is 0 Å². The van der Waals surface area contributed by atoms with Gasteiger partial charge in [0.05, 0.1) is 12.8 Å². The van der Waals surface area contributed by atoms with Crippen LogP contribution < -0.4 is 15.4 Å². The average Bonchev–Trinajstić information content (AvgIpc) is 2.57. The quantitative estimate of drug-likeness (QED) is 0.429. The number of aromatic hydroxyl groups is 1. The lowest BCUT2D eigenvalue weighted by molar-refractivity contribution is -0.112. The lowest BCUT2D eigenvalue weighted by atomic mass is 10.2. The molecule has 2 aromatic rings. The third-order valence-electron chi connectivity index (χ3n) is 3.36. The number of aryl methyl sites for hydroxylation is 1. The van der Waals surface area contributed by atoms with E-state index in [2.05, 4.69) is 10.6 Å². The van der Waals surface area contributed by atoms with E-state index in [0.717, 1.165) is 5.56 Å². The molecule has 1 amide bonds. The zero-order valence-electron chi connectivity index (χ0n) is 13.6. The number of halogens is 1. The average molecular weight is 358 g/mol. The van der Waals surface area contributed by atoms with Crippen LogP contribution in [0.3, 0.4) is 0 Å². The van der Waals surface area contributed by atoms with Crippen LogP contribution in [0.15, 0.2) is 48.2 Å². The van der Waals surface area contributed by atoms with Crippen molar-refractivity contribution in [2.24, 2.45) is 0 Å². The molecule has 0 saturated heterocycles. The van der Waals surface area contributed by atoms with E-state index in [0.29, 0.717) is 22.1 Å². The van der Waals surface area contributed by atoms with E-state index >= 15 is 0 Å². The number of benzene rings is 2. The van der Waals surface area contributed by atoms with Crippen molar-refractivity contribution in [3.8, 4) is 17.6 Å². The normalized spacial score (nSPS) is 10.7. The van der Waals surface area contributed by atoms with E-state index in [1.54, 1.807) is 31.2 Å². The minimum absolute atomic E-state index is 0.130. The van der Waals surface area contributed by atoms with Crippen molar-refractivity contribution in [3.05, 3.63) is 58.8 Å². The van der Waals surface area contributed by atoms with Gasteiger partial charge in [0.2, 0.25) is 0 Å². The number of nitrogens with one attached hydrogen (secondary N) is 2. The van der Waals surface area contributed by atoms with Gasteiger partial charge in [-0.3, -0.25) is 4.79 Å². The van der Waals surface area contributed by atoms with Crippen molar-refractivity contribution in [2.75, 3.05) is 17.7 Å². The predicted octanol–water partition coefficient (Wildman–Crippen LogP) is 3.82. The number of anilines is 2. The molecule has 0 spiro atoms. The largest absolute Gasteiger partial charge is 0.508 e. The minimum Gasteiger partial charge on any atom is -0.508 e.